The normalized spacial score (nSPS) is 12.4. The zero-order valence-corrected chi connectivity index (χ0v) is 17.9. The minimum atomic E-state index is -3.42. The van der Waals surface area contributed by atoms with Crippen LogP contribution in [0.15, 0.2) is 48.5 Å². The van der Waals surface area contributed by atoms with Crippen molar-refractivity contribution in [2.75, 3.05) is 23.7 Å². The molecule has 0 aliphatic heterocycles. The van der Waals surface area contributed by atoms with E-state index in [4.69, 9.17) is 0 Å². The van der Waals surface area contributed by atoms with Gasteiger partial charge in [-0.15, -0.1) is 0 Å². The highest BCUT2D eigenvalue weighted by Gasteiger charge is 2.19. The number of nitrogens with zero attached hydrogens (tertiary/aromatic N) is 1. The summed E-state index contributed by atoms with van der Waals surface area (Å²) in [5, 5.41) is 2.95. The number of aryl methyl sites for hydroxylation is 2. The standard InChI is InChI=1S/C22H30N2O3S/c1-17-12-13-18(2)21(15-17)24(28(4,26)27)14-8-11-22(25)23-16-19(3)20-9-6-5-7-10-20/h5-7,9-10,12-13,15,19H,8,11,14,16H2,1-4H3,(H,23,25)/t19-/m0/s1. The smallest absolute Gasteiger partial charge is 0.232 e. The van der Waals surface area contributed by atoms with Gasteiger partial charge in [0.1, 0.15) is 0 Å². The van der Waals surface area contributed by atoms with Crippen LogP contribution in [-0.2, 0) is 14.8 Å². The third-order valence-corrected chi connectivity index (χ3v) is 5.95. The van der Waals surface area contributed by atoms with Gasteiger partial charge in [-0.05, 0) is 48.9 Å². The fourth-order valence-corrected chi connectivity index (χ4v) is 4.11. The molecule has 1 atom stereocenters. The topological polar surface area (TPSA) is 66.5 Å². The first-order chi connectivity index (χ1) is 13.2. The van der Waals surface area contributed by atoms with E-state index in [0.717, 1.165) is 11.1 Å². The molecule has 0 aromatic heterocycles. The quantitative estimate of drug-likeness (QED) is 0.694. The first-order valence-electron chi connectivity index (χ1n) is 9.55. The third-order valence-electron chi connectivity index (χ3n) is 4.77. The number of hydrogen-bond acceptors (Lipinski definition) is 3. The van der Waals surface area contributed by atoms with Crippen LogP contribution in [0.5, 0.6) is 0 Å². The molecule has 0 radical (unpaired) electrons. The summed E-state index contributed by atoms with van der Waals surface area (Å²) in [5.74, 6) is 0.171. The zero-order chi connectivity index (χ0) is 20.7. The van der Waals surface area contributed by atoms with Gasteiger partial charge in [0.15, 0.2) is 0 Å². The molecular weight excluding hydrogens is 372 g/mol. The van der Waals surface area contributed by atoms with Crippen LogP contribution in [0.1, 0.15) is 42.4 Å². The summed E-state index contributed by atoms with van der Waals surface area (Å²) in [7, 11) is -3.42. The Bertz CT molecular complexity index is 895. The van der Waals surface area contributed by atoms with Crippen LogP contribution >= 0.6 is 0 Å². The molecule has 0 fully saturated rings. The summed E-state index contributed by atoms with van der Waals surface area (Å²) in [5.41, 5.74) is 3.76. The summed E-state index contributed by atoms with van der Waals surface area (Å²) in [4.78, 5) is 12.2. The van der Waals surface area contributed by atoms with Crippen molar-refractivity contribution in [3.8, 4) is 0 Å². The summed E-state index contributed by atoms with van der Waals surface area (Å²) in [6.07, 6.45) is 1.96. The van der Waals surface area contributed by atoms with Crippen molar-refractivity contribution in [3.05, 3.63) is 65.2 Å². The lowest BCUT2D eigenvalue weighted by molar-refractivity contribution is -0.121. The number of nitrogens with one attached hydrogen (secondary N) is 1. The fraction of sp³-hybridized carbons (Fsp3) is 0.409. The Morgan fingerprint density at radius 1 is 1.11 bits per heavy atom. The van der Waals surface area contributed by atoms with Crippen LogP contribution in [0.4, 0.5) is 5.69 Å². The number of carbonyl (C=O) groups excluding carboxylic acids is 1. The molecule has 0 aliphatic rings. The predicted molar refractivity (Wildman–Crippen MR) is 115 cm³/mol. The lowest BCUT2D eigenvalue weighted by atomic mass is 10.0. The second kappa shape index (κ2) is 9.73. The molecule has 0 bridgehead atoms. The monoisotopic (exact) mass is 402 g/mol. The molecule has 0 saturated carbocycles. The molecule has 6 heteroatoms. The summed E-state index contributed by atoms with van der Waals surface area (Å²) < 4.78 is 25.9. The Morgan fingerprint density at radius 3 is 2.43 bits per heavy atom. The van der Waals surface area contributed by atoms with E-state index in [0.29, 0.717) is 25.1 Å². The van der Waals surface area contributed by atoms with Crippen LogP contribution in [0.25, 0.3) is 0 Å². The highest BCUT2D eigenvalue weighted by molar-refractivity contribution is 7.92. The molecule has 0 unspecified atom stereocenters. The maximum absolute atomic E-state index is 12.3. The van der Waals surface area contributed by atoms with Crippen LogP contribution < -0.4 is 9.62 Å². The van der Waals surface area contributed by atoms with Crippen LogP contribution in [0, 0.1) is 13.8 Å². The number of carbonyl (C=O) groups is 1. The molecule has 2 aromatic rings. The van der Waals surface area contributed by atoms with Gasteiger partial charge in [-0.3, -0.25) is 9.10 Å². The Balaban J connectivity index is 1.90. The molecule has 2 aromatic carbocycles. The summed E-state index contributed by atoms with van der Waals surface area (Å²) in [6.45, 7) is 6.75. The Hall–Kier alpha value is -2.34. The molecule has 0 aliphatic carbocycles. The number of rotatable bonds is 9. The van der Waals surface area contributed by atoms with Gasteiger partial charge < -0.3 is 5.32 Å². The molecule has 2 rings (SSSR count). The minimum Gasteiger partial charge on any atom is -0.356 e. The van der Waals surface area contributed by atoms with E-state index in [2.05, 4.69) is 12.2 Å². The van der Waals surface area contributed by atoms with Crippen molar-refractivity contribution in [1.29, 1.82) is 0 Å². The van der Waals surface area contributed by atoms with Crippen LogP contribution in [0.3, 0.4) is 0 Å². The van der Waals surface area contributed by atoms with Gasteiger partial charge in [0, 0.05) is 19.5 Å². The SMILES string of the molecule is Cc1ccc(C)c(N(CCCC(=O)NC[C@H](C)c2ccccc2)S(C)(=O)=O)c1. The van der Waals surface area contributed by atoms with Crippen molar-refractivity contribution < 1.29 is 13.2 Å². The fourth-order valence-electron chi connectivity index (χ4n) is 3.09. The molecule has 0 heterocycles. The maximum Gasteiger partial charge on any atom is 0.232 e. The van der Waals surface area contributed by atoms with Gasteiger partial charge in [-0.2, -0.15) is 0 Å². The lowest BCUT2D eigenvalue weighted by Crippen LogP contribution is -2.33. The largest absolute Gasteiger partial charge is 0.356 e. The summed E-state index contributed by atoms with van der Waals surface area (Å²) >= 11 is 0. The third kappa shape index (κ3) is 6.37. The van der Waals surface area contributed by atoms with Crippen LogP contribution in [0.2, 0.25) is 0 Å². The van der Waals surface area contributed by atoms with Gasteiger partial charge >= 0.3 is 0 Å². The van der Waals surface area contributed by atoms with E-state index in [1.807, 2.05) is 62.4 Å². The van der Waals surface area contributed by atoms with E-state index in [9.17, 15) is 13.2 Å². The molecule has 152 valence electrons. The van der Waals surface area contributed by atoms with Crippen molar-refractivity contribution in [3.63, 3.8) is 0 Å². The first-order valence-corrected chi connectivity index (χ1v) is 11.4. The first kappa shape index (κ1) is 22.0. The zero-order valence-electron chi connectivity index (χ0n) is 17.1. The number of amides is 1. The average Bonchev–Trinajstić information content (AvgIpc) is 2.65. The van der Waals surface area contributed by atoms with Crippen molar-refractivity contribution in [1.82, 2.24) is 5.32 Å². The van der Waals surface area contributed by atoms with Gasteiger partial charge in [-0.25, -0.2) is 8.42 Å². The van der Waals surface area contributed by atoms with Crippen LogP contribution in [-0.4, -0.2) is 33.7 Å². The van der Waals surface area contributed by atoms with Gasteiger partial charge in [0.25, 0.3) is 0 Å². The Kier molecular flexibility index (Phi) is 7.63. The maximum atomic E-state index is 12.3. The van der Waals surface area contributed by atoms with Gasteiger partial charge in [0.2, 0.25) is 15.9 Å². The second-order valence-electron chi connectivity index (χ2n) is 7.34. The average molecular weight is 403 g/mol. The van der Waals surface area contributed by atoms with E-state index < -0.39 is 10.0 Å². The van der Waals surface area contributed by atoms with Gasteiger partial charge in [-0.1, -0.05) is 49.4 Å². The highest BCUT2D eigenvalue weighted by atomic mass is 32.2. The number of benzene rings is 2. The van der Waals surface area contributed by atoms with Gasteiger partial charge in [0.05, 0.1) is 11.9 Å². The van der Waals surface area contributed by atoms with Crippen molar-refractivity contribution in [2.45, 2.75) is 39.5 Å². The molecule has 1 N–H and O–H groups in total. The number of sulfonamides is 1. The molecule has 0 saturated heterocycles. The molecule has 5 nitrogen and oxygen atoms in total. The number of hydrogen-bond donors (Lipinski definition) is 1. The van der Waals surface area contributed by atoms with Crippen molar-refractivity contribution >= 4 is 21.6 Å². The Labute approximate surface area is 168 Å². The molecule has 0 spiro atoms. The minimum absolute atomic E-state index is 0.0582. The Morgan fingerprint density at radius 2 is 1.79 bits per heavy atom. The van der Waals surface area contributed by atoms with E-state index in [-0.39, 0.29) is 18.4 Å². The molecule has 1 amide bonds. The number of anilines is 1. The summed E-state index contributed by atoms with van der Waals surface area (Å²) in [6, 6.07) is 15.8. The van der Waals surface area contributed by atoms with E-state index >= 15 is 0 Å². The van der Waals surface area contributed by atoms with E-state index in [1.54, 1.807) is 0 Å². The van der Waals surface area contributed by atoms with E-state index in [1.165, 1.54) is 16.1 Å². The predicted octanol–water partition coefficient (Wildman–Crippen LogP) is 3.77. The van der Waals surface area contributed by atoms with Crippen molar-refractivity contribution in [2.24, 2.45) is 0 Å². The highest BCUT2D eigenvalue weighted by Crippen LogP contribution is 2.24. The lowest BCUT2D eigenvalue weighted by Gasteiger charge is -2.24. The second-order valence-corrected chi connectivity index (χ2v) is 9.25. The molecule has 28 heavy (non-hydrogen) atoms. The molecular formula is C22H30N2O3S.